The monoisotopic (exact) mass is 395 g/mol. The van der Waals surface area contributed by atoms with E-state index in [0.717, 1.165) is 5.56 Å². The predicted molar refractivity (Wildman–Crippen MR) is 103 cm³/mol. The van der Waals surface area contributed by atoms with Gasteiger partial charge in [-0.25, -0.2) is 4.79 Å². The number of imide groups is 1. The fraction of sp³-hybridized carbons (Fsp3) is 0.375. The largest absolute Gasteiger partial charge is 0.383 e. The van der Waals surface area contributed by atoms with Crippen LogP contribution in [0.25, 0.3) is 0 Å². The standard InChI is InChI=1S/C16H21N5O3S2/c1-3-17-14(23)19-13(22)12(11-7-5-4-6-8-11)25-16-21-20-15(26-16)18-9-10-24-2/h4-8,12H,3,9-10H2,1-2H3,(H,18,20)(H2,17,19,22,23)/t12-/m0/s1. The molecule has 0 saturated carbocycles. The highest BCUT2D eigenvalue weighted by molar-refractivity contribution is 8.01. The molecule has 0 bridgehead atoms. The second kappa shape index (κ2) is 10.7. The maximum absolute atomic E-state index is 12.6. The third kappa shape index (κ3) is 6.28. The molecule has 0 spiro atoms. The first-order chi connectivity index (χ1) is 12.6. The molecule has 26 heavy (non-hydrogen) atoms. The Balaban J connectivity index is 2.09. The molecular weight excluding hydrogens is 374 g/mol. The summed E-state index contributed by atoms with van der Waals surface area (Å²) in [5, 5.41) is 16.2. The first kappa shape index (κ1) is 20.1. The van der Waals surface area contributed by atoms with Gasteiger partial charge in [0.15, 0.2) is 4.34 Å². The number of methoxy groups -OCH3 is 1. The highest BCUT2D eigenvalue weighted by Gasteiger charge is 2.25. The molecule has 2 rings (SSSR count). The number of ether oxygens (including phenoxy) is 1. The average Bonchev–Trinajstić information content (AvgIpc) is 3.08. The van der Waals surface area contributed by atoms with E-state index in [9.17, 15) is 9.59 Å². The van der Waals surface area contributed by atoms with Crippen molar-refractivity contribution in [3.63, 3.8) is 0 Å². The molecule has 0 radical (unpaired) electrons. The fourth-order valence-electron chi connectivity index (χ4n) is 1.97. The third-order valence-electron chi connectivity index (χ3n) is 3.12. The molecule has 140 valence electrons. The Morgan fingerprint density at radius 3 is 2.73 bits per heavy atom. The van der Waals surface area contributed by atoms with Crippen molar-refractivity contribution >= 4 is 40.2 Å². The molecule has 3 amide bonds. The molecule has 0 fully saturated rings. The van der Waals surface area contributed by atoms with Gasteiger partial charge in [0.25, 0.3) is 0 Å². The number of hydrogen-bond acceptors (Lipinski definition) is 8. The van der Waals surface area contributed by atoms with Gasteiger partial charge in [-0.1, -0.05) is 53.4 Å². The van der Waals surface area contributed by atoms with Crippen LogP contribution in [-0.2, 0) is 9.53 Å². The molecule has 8 nitrogen and oxygen atoms in total. The Labute approximate surface area is 160 Å². The summed E-state index contributed by atoms with van der Waals surface area (Å²) in [5.41, 5.74) is 0.781. The number of amides is 3. The number of benzene rings is 1. The number of anilines is 1. The van der Waals surface area contributed by atoms with E-state index >= 15 is 0 Å². The van der Waals surface area contributed by atoms with E-state index in [1.165, 1.54) is 23.1 Å². The first-order valence-corrected chi connectivity index (χ1v) is 9.70. The number of nitrogens with zero attached hydrogens (tertiary/aromatic N) is 2. The van der Waals surface area contributed by atoms with Gasteiger partial charge in [0.05, 0.1) is 6.61 Å². The summed E-state index contributed by atoms with van der Waals surface area (Å²) < 4.78 is 5.61. The Kier molecular flexibility index (Phi) is 8.32. The van der Waals surface area contributed by atoms with Crippen LogP contribution < -0.4 is 16.0 Å². The topological polar surface area (TPSA) is 105 Å². The van der Waals surface area contributed by atoms with E-state index in [2.05, 4.69) is 26.1 Å². The molecule has 0 aliphatic carbocycles. The van der Waals surface area contributed by atoms with Gasteiger partial charge in [0.2, 0.25) is 11.0 Å². The quantitative estimate of drug-likeness (QED) is 0.442. The van der Waals surface area contributed by atoms with Crippen LogP contribution in [0.15, 0.2) is 34.7 Å². The average molecular weight is 396 g/mol. The van der Waals surface area contributed by atoms with Gasteiger partial charge in [-0.05, 0) is 12.5 Å². The molecule has 2 aromatic rings. The lowest BCUT2D eigenvalue weighted by Gasteiger charge is -2.15. The molecule has 1 atom stereocenters. The van der Waals surface area contributed by atoms with Crippen LogP contribution in [0.4, 0.5) is 9.93 Å². The number of thioether (sulfide) groups is 1. The number of urea groups is 1. The maximum atomic E-state index is 12.6. The lowest BCUT2D eigenvalue weighted by molar-refractivity contribution is -0.119. The van der Waals surface area contributed by atoms with Gasteiger partial charge >= 0.3 is 6.03 Å². The van der Waals surface area contributed by atoms with Gasteiger partial charge in [0, 0.05) is 20.2 Å². The number of nitrogens with one attached hydrogen (secondary N) is 3. The van der Waals surface area contributed by atoms with E-state index in [1.807, 2.05) is 30.3 Å². The Morgan fingerprint density at radius 1 is 1.27 bits per heavy atom. The summed E-state index contributed by atoms with van der Waals surface area (Å²) >= 11 is 2.60. The van der Waals surface area contributed by atoms with Crippen molar-refractivity contribution in [1.29, 1.82) is 0 Å². The van der Waals surface area contributed by atoms with Crippen molar-refractivity contribution in [1.82, 2.24) is 20.8 Å². The second-order valence-corrected chi connectivity index (χ2v) is 7.38. The maximum Gasteiger partial charge on any atom is 0.321 e. The van der Waals surface area contributed by atoms with Crippen LogP contribution >= 0.6 is 23.1 Å². The Hall–Kier alpha value is -2.17. The first-order valence-electron chi connectivity index (χ1n) is 8.00. The molecule has 0 aliphatic heterocycles. The number of rotatable bonds is 9. The minimum Gasteiger partial charge on any atom is -0.383 e. The van der Waals surface area contributed by atoms with E-state index in [4.69, 9.17) is 4.74 Å². The van der Waals surface area contributed by atoms with E-state index < -0.39 is 17.2 Å². The highest BCUT2D eigenvalue weighted by Crippen LogP contribution is 2.37. The van der Waals surface area contributed by atoms with Crippen LogP contribution in [-0.4, -0.2) is 48.9 Å². The third-order valence-corrected chi connectivity index (χ3v) is 5.34. The Morgan fingerprint density at radius 2 is 2.04 bits per heavy atom. The van der Waals surface area contributed by atoms with Gasteiger partial charge in [-0.15, -0.1) is 10.2 Å². The zero-order valence-corrected chi connectivity index (χ0v) is 16.2. The number of carbonyl (C=O) groups is 2. The zero-order chi connectivity index (χ0) is 18.8. The molecule has 0 unspecified atom stereocenters. The van der Waals surface area contributed by atoms with Crippen molar-refractivity contribution in [2.24, 2.45) is 0 Å². The van der Waals surface area contributed by atoms with Crippen molar-refractivity contribution in [3.8, 4) is 0 Å². The van der Waals surface area contributed by atoms with Crippen LogP contribution in [0.5, 0.6) is 0 Å². The van der Waals surface area contributed by atoms with Crippen LogP contribution in [0.2, 0.25) is 0 Å². The molecule has 1 aromatic carbocycles. The summed E-state index contributed by atoms with van der Waals surface area (Å²) in [4.78, 5) is 24.3. The van der Waals surface area contributed by atoms with E-state index in [-0.39, 0.29) is 0 Å². The van der Waals surface area contributed by atoms with Gasteiger partial charge in [-0.3, -0.25) is 10.1 Å². The van der Waals surface area contributed by atoms with Gasteiger partial charge in [0.1, 0.15) is 5.25 Å². The Bertz CT molecular complexity index is 711. The molecule has 3 N–H and O–H groups in total. The molecular formula is C16H21N5O3S2. The summed E-state index contributed by atoms with van der Waals surface area (Å²) in [6.07, 6.45) is 0. The van der Waals surface area contributed by atoms with Gasteiger partial charge in [-0.2, -0.15) is 0 Å². The minimum atomic E-state index is -0.612. The number of aromatic nitrogens is 2. The van der Waals surface area contributed by atoms with Crippen molar-refractivity contribution in [3.05, 3.63) is 35.9 Å². The molecule has 10 heteroatoms. The highest BCUT2D eigenvalue weighted by atomic mass is 32.2. The van der Waals surface area contributed by atoms with Crippen molar-refractivity contribution < 1.29 is 14.3 Å². The van der Waals surface area contributed by atoms with E-state index in [1.54, 1.807) is 14.0 Å². The van der Waals surface area contributed by atoms with Gasteiger partial charge < -0.3 is 15.4 Å². The molecule has 1 aromatic heterocycles. The lowest BCUT2D eigenvalue weighted by atomic mass is 10.1. The SMILES string of the molecule is CCNC(=O)NC(=O)[C@@H](Sc1nnc(NCCOC)s1)c1ccccc1. The summed E-state index contributed by atoms with van der Waals surface area (Å²) in [5.74, 6) is -0.406. The van der Waals surface area contributed by atoms with Crippen molar-refractivity contribution in [2.75, 3.05) is 32.1 Å². The second-order valence-electron chi connectivity index (χ2n) is 5.05. The van der Waals surface area contributed by atoms with Crippen molar-refractivity contribution in [2.45, 2.75) is 16.5 Å². The van der Waals surface area contributed by atoms with Crippen LogP contribution in [0.1, 0.15) is 17.7 Å². The summed E-state index contributed by atoms with van der Waals surface area (Å²) in [6.45, 7) is 3.40. The minimum absolute atomic E-state index is 0.406. The fourth-order valence-corrected chi connectivity index (χ4v) is 3.94. The predicted octanol–water partition coefficient (Wildman–Crippen LogP) is 2.28. The molecule has 1 heterocycles. The molecule has 0 aliphatic rings. The lowest BCUT2D eigenvalue weighted by Crippen LogP contribution is -2.41. The van der Waals surface area contributed by atoms with Crippen LogP contribution in [0.3, 0.4) is 0 Å². The normalized spacial score (nSPS) is 11.6. The smallest absolute Gasteiger partial charge is 0.321 e. The zero-order valence-electron chi connectivity index (χ0n) is 14.5. The summed E-state index contributed by atoms with van der Waals surface area (Å²) in [6, 6.07) is 8.73. The molecule has 0 saturated heterocycles. The van der Waals surface area contributed by atoms with E-state index in [0.29, 0.717) is 29.2 Å². The number of hydrogen-bond donors (Lipinski definition) is 3. The van der Waals surface area contributed by atoms with Crippen LogP contribution in [0, 0.1) is 0 Å². The summed E-state index contributed by atoms with van der Waals surface area (Å²) in [7, 11) is 1.63. The number of carbonyl (C=O) groups excluding carboxylic acids is 2.